The maximum absolute atomic E-state index is 12.0. The second kappa shape index (κ2) is 12.4. The number of carbonyl (C=O) groups excluding carboxylic acids is 4. The molecule has 1 aromatic carbocycles. The molecule has 0 amide bonds. The van der Waals surface area contributed by atoms with Crippen molar-refractivity contribution in [3.05, 3.63) is 41.2 Å². The third-order valence-corrected chi connectivity index (χ3v) is 5.46. The average molecular weight is 519 g/mol. The molecule has 0 spiro atoms. The highest BCUT2D eigenvalue weighted by molar-refractivity contribution is 5.68. The molecule has 1 aliphatic heterocycles. The standard InChI is InChI=1S/C24H30N4O9/c1-6-17-7-9-18(10-8-17)11-20-25-27-28(26-20)24-23(36-16(5)32)22(35-15(4)31)21(34-14(3)30)19(37-24)12-33-13(2)29/h7-10,19,21-24H,6,11-12H2,1-5H3. The Bertz CT molecular complexity index is 1120. The van der Waals surface area contributed by atoms with Gasteiger partial charge in [-0.3, -0.25) is 19.2 Å². The molecule has 5 unspecified atom stereocenters. The first-order valence-corrected chi connectivity index (χ1v) is 11.7. The molecule has 37 heavy (non-hydrogen) atoms. The molecule has 1 aliphatic rings. The largest absolute Gasteiger partial charge is 0.463 e. The average Bonchev–Trinajstić information content (AvgIpc) is 3.28. The van der Waals surface area contributed by atoms with Gasteiger partial charge in [-0.25, -0.2) is 0 Å². The first-order chi connectivity index (χ1) is 17.6. The quantitative estimate of drug-likeness (QED) is 0.344. The Balaban J connectivity index is 1.96. The molecule has 200 valence electrons. The minimum absolute atomic E-state index is 0.348. The minimum Gasteiger partial charge on any atom is -0.463 e. The molecule has 3 rings (SSSR count). The predicted octanol–water partition coefficient (Wildman–Crippen LogP) is 1.08. The van der Waals surface area contributed by atoms with E-state index in [1.54, 1.807) is 0 Å². The van der Waals surface area contributed by atoms with Gasteiger partial charge in [-0.1, -0.05) is 31.2 Å². The molecule has 2 heterocycles. The van der Waals surface area contributed by atoms with Crippen molar-refractivity contribution in [2.45, 2.75) is 78.1 Å². The topological polar surface area (TPSA) is 158 Å². The summed E-state index contributed by atoms with van der Waals surface area (Å²) in [6, 6.07) is 7.96. The van der Waals surface area contributed by atoms with Crippen LogP contribution in [0.25, 0.3) is 0 Å². The van der Waals surface area contributed by atoms with Crippen molar-refractivity contribution in [3.63, 3.8) is 0 Å². The number of hydrogen-bond acceptors (Lipinski definition) is 12. The van der Waals surface area contributed by atoms with Crippen LogP contribution in [0.3, 0.4) is 0 Å². The zero-order chi connectivity index (χ0) is 27.1. The Kier molecular flexibility index (Phi) is 9.28. The van der Waals surface area contributed by atoms with Crippen LogP contribution in [0.2, 0.25) is 0 Å². The van der Waals surface area contributed by atoms with Crippen LogP contribution in [-0.2, 0) is 55.7 Å². The Morgan fingerprint density at radius 1 is 0.838 bits per heavy atom. The van der Waals surface area contributed by atoms with Gasteiger partial charge in [0, 0.05) is 34.1 Å². The Labute approximate surface area is 213 Å². The van der Waals surface area contributed by atoms with Crippen LogP contribution in [0, 0.1) is 0 Å². The monoisotopic (exact) mass is 518 g/mol. The Morgan fingerprint density at radius 3 is 1.97 bits per heavy atom. The SMILES string of the molecule is CCc1ccc(Cc2nnn(C3OC(COC(C)=O)C(OC(C)=O)C(OC(C)=O)C3OC(C)=O)n2)cc1. The van der Waals surface area contributed by atoms with Crippen LogP contribution in [0.4, 0.5) is 0 Å². The van der Waals surface area contributed by atoms with Crippen molar-refractivity contribution >= 4 is 23.9 Å². The smallest absolute Gasteiger partial charge is 0.303 e. The fourth-order valence-electron chi connectivity index (χ4n) is 3.90. The lowest BCUT2D eigenvalue weighted by Crippen LogP contribution is -2.60. The van der Waals surface area contributed by atoms with Gasteiger partial charge in [-0.05, 0) is 22.8 Å². The van der Waals surface area contributed by atoms with Crippen molar-refractivity contribution in [2.24, 2.45) is 0 Å². The number of benzene rings is 1. The molecule has 1 fully saturated rings. The van der Waals surface area contributed by atoms with Gasteiger partial charge in [0.2, 0.25) is 6.23 Å². The van der Waals surface area contributed by atoms with Crippen molar-refractivity contribution in [1.82, 2.24) is 20.2 Å². The van der Waals surface area contributed by atoms with Crippen LogP contribution in [0.5, 0.6) is 0 Å². The second-order valence-electron chi connectivity index (χ2n) is 8.46. The molecule has 1 aromatic heterocycles. The van der Waals surface area contributed by atoms with Crippen LogP contribution in [-0.4, -0.2) is 75.1 Å². The second-order valence-corrected chi connectivity index (χ2v) is 8.46. The van der Waals surface area contributed by atoms with E-state index in [0.29, 0.717) is 12.2 Å². The van der Waals surface area contributed by atoms with E-state index in [2.05, 4.69) is 22.3 Å². The number of ether oxygens (including phenoxy) is 5. The number of esters is 4. The normalized spacial score (nSPS) is 23.1. The lowest BCUT2D eigenvalue weighted by molar-refractivity contribution is -0.272. The number of aromatic nitrogens is 4. The molecule has 2 aromatic rings. The van der Waals surface area contributed by atoms with Gasteiger partial charge >= 0.3 is 23.9 Å². The van der Waals surface area contributed by atoms with Gasteiger partial charge in [-0.15, -0.1) is 15.0 Å². The number of tetrazole rings is 1. The van der Waals surface area contributed by atoms with E-state index < -0.39 is 54.5 Å². The fraction of sp³-hybridized carbons (Fsp3) is 0.542. The number of nitrogens with zero attached hydrogens (tertiary/aromatic N) is 4. The third kappa shape index (κ3) is 7.56. The number of hydrogen-bond donors (Lipinski definition) is 0. The van der Waals surface area contributed by atoms with Gasteiger partial charge in [0.25, 0.3) is 0 Å². The van der Waals surface area contributed by atoms with E-state index in [1.807, 2.05) is 24.3 Å². The summed E-state index contributed by atoms with van der Waals surface area (Å²) in [6.07, 6.45) is -4.96. The van der Waals surface area contributed by atoms with Crippen LogP contribution < -0.4 is 0 Å². The molecule has 13 heteroatoms. The molecule has 0 bridgehead atoms. The van der Waals surface area contributed by atoms with Crippen molar-refractivity contribution in [3.8, 4) is 0 Å². The number of carbonyl (C=O) groups is 4. The van der Waals surface area contributed by atoms with Gasteiger partial charge < -0.3 is 23.7 Å². The van der Waals surface area contributed by atoms with E-state index in [9.17, 15) is 19.2 Å². The van der Waals surface area contributed by atoms with Crippen LogP contribution >= 0.6 is 0 Å². The lowest BCUT2D eigenvalue weighted by atomic mass is 9.97. The van der Waals surface area contributed by atoms with E-state index in [4.69, 9.17) is 23.7 Å². The summed E-state index contributed by atoms with van der Waals surface area (Å²) in [5, 5.41) is 12.5. The summed E-state index contributed by atoms with van der Waals surface area (Å²) in [6.45, 7) is 6.38. The van der Waals surface area contributed by atoms with Crippen LogP contribution in [0.15, 0.2) is 24.3 Å². The van der Waals surface area contributed by atoms with Crippen molar-refractivity contribution < 1.29 is 42.9 Å². The summed E-state index contributed by atoms with van der Waals surface area (Å²) in [7, 11) is 0. The molecular formula is C24H30N4O9. The predicted molar refractivity (Wildman–Crippen MR) is 124 cm³/mol. The maximum atomic E-state index is 12.0. The maximum Gasteiger partial charge on any atom is 0.303 e. The van der Waals surface area contributed by atoms with Crippen molar-refractivity contribution in [2.75, 3.05) is 6.61 Å². The first kappa shape index (κ1) is 27.7. The molecule has 13 nitrogen and oxygen atoms in total. The molecule has 5 atom stereocenters. The summed E-state index contributed by atoms with van der Waals surface area (Å²) in [5.74, 6) is -2.41. The Morgan fingerprint density at radius 2 is 1.41 bits per heavy atom. The summed E-state index contributed by atoms with van der Waals surface area (Å²) >= 11 is 0. The molecule has 1 saturated heterocycles. The van der Waals surface area contributed by atoms with Gasteiger partial charge in [0.05, 0.1) is 0 Å². The zero-order valence-corrected chi connectivity index (χ0v) is 21.3. The summed E-state index contributed by atoms with van der Waals surface area (Å²) in [4.78, 5) is 48.4. The van der Waals surface area contributed by atoms with Gasteiger partial charge in [0.1, 0.15) is 12.7 Å². The third-order valence-electron chi connectivity index (χ3n) is 5.46. The van der Waals surface area contributed by atoms with Crippen LogP contribution in [0.1, 0.15) is 57.8 Å². The molecular weight excluding hydrogens is 488 g/mol. The molecule has 0 N–H and O–H groups in total. The van der Waals surface area contributed by atoms with E-state index in [1.165, 1.54) is 12.5 Å². The van der Waals surface area contributed by atoms with Gasteiger partial charge in [0.15, 0.2) is 24.1 Å². The molecule has 0 aliphatic carbocycles. The van der Waals surface area contributed by atoms with Crippen molar-refractivity contribution in [1.29, 1.82) is 0 Å². The summed E-state index contributed by atoms with van der Waals surface area (Å²) < 4.78 is 27.3. The highest BCUT2D eigenvalue weighted by Gasteiger charge is 2.53. The lowest BCUT2D eigenvalue weighted by Gasteiger charge is -2.43. The Hall–Kier alpha value is -3.87. The van der Waals surface area contributed by atoms with E-state index in [-0.39, 0.29) is 6.61 Å². The molecule has 0 saturated carbocycles. The number of aryl methyl sites for hydroxylation is 1. The van der Waals surface area contributed by atoms with E-state index >= 15 is 0 Å². The highest BCUT2D eigenvalue weighted by atomic mass is 16.7. The molecule has 0 radical (unpaired) electrons. The minimum atomic E-state index is -1.32. The first-order valence-electron chi connectivity index (χ1n) is 11.7. The zero-order valence-electron chi connectivity index (χ0n) is 21.3. The van der Waals surface area contributed by atoms with E-state index in [0.717, 1.165) is 37.6 Å². The number of rotatable bonds is 9. The summed E-state index contributed by atoms with van der Waals surface area (Å²) in [5.41, 5.74) is 2.15. The fourth-order valence-corrected chi connectivity index (χ4v) is 3.90. The highest BCUT2D eigenvalue weighted by Crippen LogP contribution is 2.34. The van der Waals surface area contributed by atoms with Gasteiger partial charge in [-0.2, -0.15) is 0 Å².